The molecule has 2 aromatic carbocycles. The molecule has 3 aromatic rings. The van der Waals surface area contributed by atoms with Gasteiger partial charge >= 0.3 is 0 Å². The van der Waals surface area contributed by atoms with Crippen LogP contribution in [0.5, 0.6) is 0 Å². The summed E-state index contributed by atoms with van der Waals surface area (Å²) in [6.45, 7) is 1.34. The summed E-state index contributed by atoms with van der Waals surface area (Å²) in [5.74, 6) is -0.0343. The molecule has 1 heterocycles. The number of carbonyl (C=O) groups is 1. The number of thiophene rings is 1. The van der Waals surface area contributed by atoms with E-state index >= 15 is 0 Å². The normalized spacial score (nSPS) is 11.6. The smallest absolute Gasteiger partial charge is 0.275 e. The van der Waals surface area contributed by atoms with Crippen molar-refractivity contribution in [2.45, 2.75) is 6.04 Å². The van der Waals surface area contributed by atoms with Gasteiger partial charge in [-0.1, -0.05) is 36.4 Å². The molecule has 1 aromatic heterocycles. The van der Waals surface area contributed by atoms with Crippen LogP contribution in [0, 0.1) is 10.1 Å². The molecular weight excluding hydrogens is 388 g/mol. The monoisotopic (exact) mass is 411 g/mol. The molecular formula is C21H23N4O3S+. The minimum Gasteiger partial charge on any atom is -0.383 e. The predicted octanol–water partition coefficient (Wildman–Crippen LogP) is 2.54. The van der Waals surface area contributed by atoms with Gasteiger partial charge in [0.1, 0.15) is 6.04 Å². The number of hydrogen-bond donors (Lipinski definition) is 3. The first-order valence-electron chi connectivity index (χ1n) is 9.30. The van der Waals surface area contributed by atoms with Crippen LogP contribution in [0.25, 0.3) is 0 Å². The van der Waals surface area contributed by atoms with Gasteiger partial charge in [-0.15, -0.1) is 11.3 Å². The van der Waals surface area contributed by atoms with Crippen molar-refractivity contribution in [3.8, 4) is 0 Å². The molecule has 1 atom stereocenters. The van der Waals surface area contributed by atoms with Crippen molar-refractivity contribution >= 4 is 28.6 Å². The Morgan fingerprint density at radius 2 is 1.79 bits per heavy atom. The minimum atomic E-state index is -0.431. The van der Waals surface area contributed by atoms with Crippen molar-refractivity contribution in [1.29, 1.82) is 0 Å². The fourth-order valence-corrected chi connectivity index (χ4v) is 3.80. The summed E-state index contributed by atoms with van der Waals surface area (Å²) in [5.41, 5.74) is 2.00. The van der Waals surface area contributed by atoms with Gasteiger partial charge in [0.15, 0.2) is 6.54 Å². The zero-order chi connectivity index (χ0) is 20.5. The molecule has 7 nitrogen and oxygen atoms in total. The average Bonchev–Trinajstić information content (AvgIpc) is 3.27. The Bertz CT molecular complexity index is 915. The summed E-state index contributed by atoms with van der Waals surface area (Å²) in [4.78, 5) is 23.7. The molecule has 0 radical (unpaired) electrons. The molecule has 150 valence electrons. The van der Waals surface area contributed by atoms with Crippen LogP contribution in [-0.2, 0) is 4.79 Å². The van der Waals surface area contributed by atoms with E-state index in [0.717, 1.165) is 5.69 Å². The highest BCUT2D eigenvalue weighted by Crippen LogP contribution is 2.22. The fourth-order valence-electron chi connectivity index (χ4n) is 2.95. The zero-order valence-corrected chi connectivity index (χ0v) is 16.6. The number of benzene rings is 2. The van der Waals surface area contributed by atoms with Gasteiger partial charge in [-0.05, 0) is 23.6 Å². The second-order valence-corrected chi connectivity index (χ2v) is 7.40. The van der Waals surface area contributed by atoms with Gasteiger partial charge in [0.25, 0.3) is 11.6 Å². The molecule has 0 aliphatic rings. The van der Waals surface area contributed by atoms with Gasteiger partial charge in [0.2, 0.25) is 0 Å². The van der Waals surface area contributed by atoms with Gasteiger partial charge in [0.05, 0.1) is 9.80 Å². The van der Waals surface area contributed by atoms with Crippen molar-refractivity contribution in [1.82, 2.24) is 5.32 Å². The van der Waals surface area contributed by atoms with E-state index in [2.05, 4.69) is 28.8 Å². The Morgan fingerprint density at radius 3 is 2.45 bits per heavy atom. The van der Waals surface area contributed by atoms with E-state index in [4.69, 9.17) is 0 Å². The molecule has 3 rings (SSSR count). The Balaban J connectivity index is 1.43. The van der Waals surface area contributed by atoms with Crippen LogP contribution >= 0.6 is 11.3 Å². The maximum absolute atomic E-state index is 12.2. The van der Waals surface area contributed by atoms with Crippen LogP contribution in [0.1, 0.15) is 16.5 Å². The third-order valence-electron chi connectivity index (χ3n) is 4.40. The van der Waals surface area contributed by atoms with Crippen LogP contribution < -0.4 is 16.0 Å². The number of amides is 1. The second-order valence-electron chi connectivity index (χ2n) is 6.42. The highest BCUT2D eigenvalue weighted by Gasteiger charge is 2.19. The number of non-ortho nitro benzene ring substituents is 1. The van der Waals surface area contributed by atoms with Gasteiger partial charge in [0, 0.05) is 36.5 Å². The first-order chi connectivity index (χ1) is 14.1. The first kappa shape index (κ1) is 20.5. The van der Waals surface area contributed by atoms with E-state index in [1.165, 1.54) is 22.6 Å². The highest BCUT2D eigenvalue weighted by atomic mass is 32.1. The number of rotatable bonds is 10. The molecule has 0 bridgehead atoms. The van der Waals surface area contributed by atoms with Gasteiger partial charge < -0.3 is 16.0 Å². The lowest BCUT2D eigenvalue weighted by molar-refractivity contribution is -0.676. The number of carbonyl (C=O) groups excluding carboxylic acids is 1. The molecule has 29 heavy (non-hydrogen) atoms. The lowest BCUT2D eigenvalue weighted by Gasteiger charge is -2.15. The Labute approximate surface area is 172 Å². The van der Waals surface area contributed by atoms with Gasteiger partial charge in [-0.25, -0.2) is 0 Å². The molecule has 1 amide bonds. The lowest BCUT2D eigenvalue weighted by atomic mass is 10.1. The zero-order valence-electron chi connectivity index (χ0n) is 15.8. The summed E-state index contributed by atoms with van der Waals surface area (Å²) in [6, 6.07) is 20.6. The Morgan fingerprint density at radius 1 is 1.03 bits per heavy atom. The summed E-state index contributed by atoms with van der Waals surface area (Å²) in [7, 11) is 0. The third-order valence-corrected chi connectivity index (χ3v) is 5.36. The number of anilines is 1. The number of nitro benzene ring substituents is 1. The van der Waals surface area contributed by atoms with E-state index in [9.17, 15) is 14.9 Å². The summed E-state index contributed by atoms with van der Waals surface area (Å²) < 4.78 is 0. The third kappa shape index (κ3) is 6.13. The predicted molar refractivity (Wildman–Crippen MR) is 114 cm³/mol. The van der Waals surface area contributed by atoms with Gasteiger partial charge in [-0.2, -0.15) is 0 Å². The number of nitro groups is 1. The first-order valence-corrected chi connectivity index (χ1v) is 10.2. The van der Waals surface area contributed by atoms with Crippen LogP contribution in [0.2, 0.25) is 0 Å². The molecule has 0 fully saturated rings. The largest absolute Gasteiger partial charge is 0.383 e. The number of nitrogens with one attached hydrogen (secondary N) is 2. The molecule has 0 aliphatic carbocycles. The molecule has 0 aliphatic heterocycles. The van der Waals surface area contributed by atoms with Crippen molar-refractivity contribution in [3.63, 3.8) is 0 Å². The van der Waals surface area contributed by atoms with Crippen molar-refractivity contribution in [2.75, 3.05) is 25.0 Å². The van der Waals surface area contributed by atoms with E-state index in [1.54, 1.807) is 23.5 Å². The van der Waals surface area contributed by atoms with Crippen LogP contribution in [-0.4, -0.2) is 30.5 Å². The number of nitrogens with zero attached hydrogens (tertiary/aromatic N) is 1. The van der Waals surface area contributed by atoms with Crippen LogP contribution in [0.3, 0.4) is 0 Å². The number of nitrogens with two attached hydrogens (primary N) is 1. The topological polar surface area (TPSA) is 101 Å². The number of hydrogen-bond acceptors (Lipinski definition) is 5. The quantitative estimate of drug-likeness (QED) is 0.271. The molecule has 8 heteroatoms. The van der Waals surface area contributed by atoms with Crippen molar-refractivity contribution < 1.29 is 15.0 Å². The van der Waals surface area contributed by atoms with E-state index in [0.29, 0.717) is 19.6 Å². The molecule has 0 spiro atoms. The standard InChI is InChI=1S/C21H22N4O3S/c26-20(23-13-12-22-17-8-10-18(11-9-17)25(27)28)15-24-21(19-7-4-14-29-19)16-5-2-1-3-6-16/h1-11,14,21-22,24H,12-13,15H2,(H,23,26)/p+1/t21-/m0/s1. The van der Waals surface area contributed by atoms with Crippen molar-refractivity contribution in [3.05, 3.63) is 92.7 Å². The van der Waals surface area contributed by atoms with E-state index in [-0.39, 0.29) is 17.6 Å². The van der Waals surface area contributed by atoms with Crippen LogP contribution in [0.15, 0.2) is 72.1 Å². The van der Waals surface area contributed by atoms with Crippen LogP contribution in [0.4, 0.5) is 11.4 Å². The summed E-state index contributed by atoms with van der Waals surface area (Å²) >= 11 is 1.68. The van der Waals surface area contributed by atoms with Crippen molar-refractivity contribution in [2.24, 2.45) is 0 Å². The van der Waals surface area contributed by atoms with E-state index in [1.807, 2.05) is 35.0 Å². The number of quaternary nitrogens is 1. The van der Waals surface area contributed by atoms with E-state index < -0.39 is 4.92 Å². The molecule has 0 saturated carbocycles. The summed E-state index contributed by atoms with van der Waals surface area (Å²) in [5, 5.41) is 20.8. The highest BCUT2D eigenvalue weighted by molar-refractivity contribution is 7.10. The maximum atomic E-state index is 12.2. The van der Waals surface area contributed by atoms with Gasteiger partial charge in [-0.3, -0.25) is 14.9 Å². The Hall–Kier alpha value is -3.23. The minimum absolute atomic E-state index is 0.0343. The molecule has 0 saturated heterocycles. The average molecular weight is 412 g/mol. The fraction of sp³-hybridized carbons (Fsp3) is 0.190. The SMILES string of the molecule is O=C(C[NH2+][C@@H](c1ccccc1)c1cccs1)NCCNc1ccc([N+](=O)[O-])cc1. The second kappa shape index (κ2) is 10.4. The lowest BCUT2D eigenvalue weighted by Crippen LogP contribution is -2.87. The molecule has 0 unspecified atom stereocenters. The maximum Gasteiger partial charge on any atom is 0.275 e. The summed E-state index contributed by atoms with van der Waals surface area (Å²) in [6.07, 6.45) is 0. The molecule has 4 N–H and O–H groups in total. The Kier molecular flexibility index (Phi) is 7.32.